The van der Waals surface area contributed by atoms with E-state index in [1.807, 2.05) is 43.3 Å². The van der Waals surface area contributed by atoms with Crippen LogP contribution in [0.4, 0.5) is 11.4 Å². The van der Waals surface area contributed by atoms with E-state index in [9.17, 15) is 13.2 Å². The van der Waals surface area contributed by atoms with Crippen molar-refractivity contribution in [2.75, 3.05) is 28.8 Å². The number of hydrogen-bond donors (Lipinski definition) is 1. The number of hydrogen-bond acceptors (Lipinski definition) is 5. The first-order valence-corrected chi connectivity index (χ1v) is 13.2. The zero-order chi connectivity index (χ0) is 25.3. The van der Waals surface area contributed by atoms with Crippen LogP contribution < -0.4 is 14.6 Å². The number of carbonyl (C=O) groups excluding carboxylic acids is 1. The minimum Gasteiger partial charge on any atom is -0.372 e. The Balaban J connectivity index is 1.78. The molecule has 3 rings (SSSR count). The third kappa shape index (κ3) is 6.48. The molecular formula is C27H32N4O3S. The molecule has 0 radical (unpaired) electrons. The lowest BCUT2D eigenvalue weighted by molar-refractivity contribution is -0.119. The summed E-state index contributed by atoms with van der Waals surface area (Å²) in [6.45, 7) is 7.60. The van der Waals surface area contributed by atoms with Gasteiger partial charge in [0.25, 0.3) is 15.9 Å². The summed E-state index contributed by atoms with van der Waals surface area (Å²) in [6, 6.07) is 23.2. The molecule has 35 heavy (non-hydrogen) atoms. The summed E-state index contributed by atoms with van der Waals surface area (Å²) in [5.74, 6) is -0.536. The molecule has 0 heterocycles. The molecule has 0 atom stereocenters. The Hall–Kier alpha value is -3.65. The summed E-state index contributed by atoms with van der Waals surface area (Å²) in [6.07, 6.45) is 2.17. The van der Waals surface area contributed by atoms with Crippen molar-refractivity contribution < 1.29 is 13.2 Å². The van der Waals surface area contributed by atoms with Gasteiger partial charge in [-0.2, -0.15) is 5.10 Å². The summed E-state index contributed by atoms with van der Waals surface area (Å²) in [5.41, 5.74) is 5.72. The molecule has 0 aromatic heterocycles. The summed E-state index contributed by atoms with van der Waals surface area (Å²) in [5, 5.41) is 4.04. The first-order chi connectivity index (χ1) is 16.9. The molecule has 184 valence electrons. The van der Waals surface area contributed by atoms with Crippen LogP contribution in [0.3, 0.4) is 0 Å². The molecule has 0 aliphatic rings. The van der Waals surface area contributed by atoms with Crippen molar-refractivity contribution in [1.29, 1.82) is 0 Å². The van der Waals surface area contributed by atoms with Crippen LogP contribution in [0.2, 0.25) is 0 Å². The van der Waals surface area contributed by atoms with Crippen LogP contribution in [0.15, 0.2) is 88.9 Å². The highest BCUT2D eigenvalue weighted by Crippen LogP contribution is 2.27. The second kappa shape index (κ2) is 12.2. The van der Waals surface area contributed by atoms with Gasteiger partial charge in [0.15, 0.2) is 0 Å². The number of rotatable bonds is 11. The number of sulfonamides is 1. The van der Waals surface area contributed by atoms with Gasteiger partial charge in [0.2, 0.25) is 0 Å². The fourth-order valence-corrected chi connectivity index (χ4v) is 5.26. The summed E-state index contributed by atoms with van der Waals surface area (Å²) in [4.78, 5) is 15.1. The Kier molecular flexibility index (Phi) is 9.03. The van der Waals surface area contributed by atoms with Crippen molar-refractivity contribution in [2.45, 2.75) is 32.1 Å². The molecule has 0 aliphatic heterocycles. The molecule has 0 unspecified atom stereocenters. The molecule has 0 spiro atoms. The van der Waals surface area contributed by atoms with Crippen LogP contribution in [0.25, 0.3) is 0 Å². The van der Waals surface area contributed by atoms with E-state index in [0.717, 1.165) is 34.2 Å². The number of nitrogens with zero attached hydrogens (tertiary/aromatic N) is 3. The van der Waals surface area contributed by atoms with Crippen LogP contribution in [0.1, 0.15) is 31.9 Å². The van der Waals surface area contributed by atoms with Crippen molar-refractivity contribution in [2.24, 2.45) is 5.10 Å². The first-order valence-electron chi connectivity index (χ1n) is 11.7. The van der Waals surface area contributed by atoms with E-state index in [1.165, 1.54) is 12.1 Å². The highest BCUT2D eigenvalue weighted by molar-refractivity contribution is 7.92. The number of para-hydroxylation sites is 1. The molecule has 0 aliphatic carbocycles. The van der Waals surface area contributed by atoms with Gasteiger partial charge in [0.05, 0.1) is 16.8 Å². The molecule has 1 N–H and O–H groups in total. The maximum atomic E-state index is 13.5. The molecule has 3 aromatic carbocycles. The largest absolute Gasteiger partial charge is 0.372 e. The van der Waals surface area contributed by atoms with Crippen LogP contribution in [-0.4, -0.2) is 40.2 Å². The topological polar surface area (TPSA) is 82.1 Å². The molecule has 0 saturated carbocycles. The van der Waals surface area contributed by atoms with Gasteiger partial charge in [-0.1, -0.05) is 55.5 Å². The fourth-order valence-electron chi connectivity index (χ4n) is 3.78. The van der Waals surface area contributed by atoms with E-state index in [4.69, 9.17) is 0 Å². The van der Waals surface area contributed by atoms with Crippen LogP contribution in [0.5, 0.6) is 0 Å². The molecular weight excluding hydrogens is 460 g/mol. The van der Waals surface area contributed by atoms with E-state index >= 15 is 0 Å². The van der Waals surface area contributed by atoms with Crippen molar-refractivity contribution in [3.05, 3.63) is 90.0 Å². The lowest BCUT2D eigenvalue weighted by Crippen LogP contribution is -2.40. The zero-order valence-electron chi connectivity index (χ0n) is 20.4. The Morgan fingerprint density at radius 2 is 1.51 bits per heavy atom. The highest BCUT2D eigenvalue weighted by atomic mass is 32.2. The minimum atomic E-state index is -3.96. The predicted octanol–water partition coefficient (Wildman–Crippen LogP) is 4.44. The molecule has 8 heteroatoms. The normalized spacial score (nSPS) is 11.4. The molecule has 7 nitrogen and oxygen atoms in total. The average Bonchev–Trinajstić information content (AvgIpc) is 2.89. The number of nitrogens with one attached hydrogen (secondary N) is 1. The number of hydrazone groups is 1. The minimum absolute atomic E-state index is 0.121. The van der Waals surface area contributed by atoms with Gasteiger partial charge in [-0.3, -0.25) is 9.10 Å². The van der Waals surface area contributed by atoms with Crippen LogP contribution >= 0.6 is 0 Å². The van der Waals surface area contributed by atoms with Crippen LogP contribution in [-0.2, 0) is 21.2 Å². The second-order valence-corrected chi connectivity index (χ2v) is 9.73. The van der Waals surface area contributed by atoms with Crippen molar-refractivity contribution in [3.63, 3.8) is 0 Å². The number of aryl methyl sites for hydroxylation is 1. The van der Waals surface area contributed by atoms with E-state index < -0.39 is 22.5 Å². The van der Waals surface area contributed by atoms with Crippen LogP contribution in [0, 0.1) is 0 Å². The maximum absolute atomic E-state index is 13.5. The Morgan fingerprint density at radius 3 is 2.14 bits per heavy atom. The SMILES string of the molecule is CCc1ccccc1N(CC(=O)N/N=C\c1ccc(N(CC)CC)cc1)S(=O)(=O)c1ccccc1. The number of carbonyl (C=O) groups is 1. The Morgan fingerprint density at radius 1 is 0.886 bits per heavy atom. The smallest absolute Gasteiger partial charge is 0.264 e. The zero-order valence-corrected chi connectivity index (χ0v) is 21.2. The number of benzene rings is 3. The van der Waals surface area contributed by atoms with E-state index in [1.54, 1.807) is 36.5 Å². The number of amides is 1. The fraction of sp³-hybridized carbons (Fsp3) is 0.259. The predicted molar refractivity (Wildman–Crippen MR) is 143 cm³/mol. The van der Waals surface area contributed by atoms with E-state index in [0.29, 0.717) is 12.1 Å². The van der Waals surface area contributed by atoms with Gasteiger partial charge in [0, 0.05) is 18.8 Å². The van der Waals surface area contributed by atoms with Gasteiger partial charge in [0.1, 0.15) is 6.54 Å². The summed E-state index contributed by atoms with van der Waals surface area (Å²) >= 11 is 0. The van der Waals surface area contributed by atoms with Gasteiger partial charge in [-0.15, -0.1) is 0 Å². The maximum Gasteiger partial charge on any atom is 0.264 e. The molecule has 0 saturated heterocycles. The van der Waals surface area contributed by atoms with Gasteiger partial charge in [-0.25, -0.2) is 13.8 Å². The van der Waals surface area contributed by atoms with Crippen molar-refractivity contribution in [3.8, 4) is 0 Å². The van der Waals surface area contributed by atoms with Gasteiger partial charge >= 0.3 is 0 Å². The molecule has 0 fully saturated rings. The molecule has 0 bridgehead atoms. The van der Waals surface area contributed by atoms with Crippen molar-refractivity contribution in [1.82, 2.24) is 5.43 Å². The quantitative estimate of drug-likeness (QED) is 0.317. The molecule has 1 amide bonds. The highest BCUT2D eigenvalue weighted by Gasteiger charge is 2.28. The second-order valence-electron chi connectivity index (χ2n) is 7.86. The summed E-state index contributed by atoms with van der Waals surface area (Å²) in [7, 11) is -3.96. The van der Waals surface area contributed by atoms with E-state index in [2.05, 4.69) is 29.3 Å². The average molecular weight is 493 g/mol. The third-order valence-corrected chi connectivity index (χ3v) is 7.46. The Labute approximate surface area is 208 Å². The lowest BCUT2D eigenvalue weighted by atomic mass is 10.1. The van der Waals surface area contributed by atoms with E-state index in [-0.39, 0.29) is 4.90 Å². The standard InChI is InChI=1S/C27H32N4O3S/c1-4-23-12-10-11-15-26(23)31(35(33,34)25-13-8-7-9-14-25)21-27(32)29-28-20-22-16-18-24(19-17-22)30(5-2)6-3/h7-20H,4-6,21H2,1-3H3,(H,29,32)/b28-20-. The lowest BCUT2D eigenvalue weighted by Gasteiger charge is -2.25. The van der Waals surface area contributed by atoms with Gasteiger partial charge in [-0.05, 0) is 61.7 Å². The Bertz CT molecular complexity index is 1240. The number of anilines is 2. The monoisotopic (exact) mass is 492 g/mol. The first kappa shape index (κ1) is 26.0. The third-order valence-electron chi connectivity index (χ3n) is 5.68. The molecule has 3 aromatic rings. The van der Waals surface area contributed by atoms with Crippen molar-refractivity contribution >= 4 is 33.5 Å². The van der Waals surface area contributed by atoms with Gasteiger partial charge < -0.3 is 4.90 Å². The summed E-state index contributed by atoms with van der Waals surface area (Å²) < 4.78 is 28.1.